The Labute approximate surface area is 114 Å². The number of carbonyl (C=O) groups is 1. The molecule has 2 heterocycles. The Kier molecular flexibility index (Phi) is 3.64. The van der Waals surface area contributed by atoms with Crippen LogP contribution in [-0.2, 0) is 10.3 Å². The first-order valence-electron chi connectivity index (χ1n) is 6.30. The highest BCUT2D eigenvalue weighted by atomic mass is 35.5. The van der Waals surface area contributed by atoms with Gasteiger partial charge < -0.3 is 9.64 Å². The number of rotatable bonds is 1. The fourth-order valence-corrected chi connectivity index (χ4v) is 2.95. The Balaban J connectivity index is 0.00000120. The van der Waals surface area contributed by atoms with E-state index in [1.54, 1.807) is 0 Å². The zero-order valence-electron chi connectivity index (χ0n) is 10.5. The average molecular weight is 268 g/mol. The molecule has 3 nitrogen and oxygen atoms in total. The van der Waals surface area contributed by atoms with Crippen LogP contribution < -0.4 is 0 Å². The fourth-order valence-electron chi connectivity index (χ4n) is 2.95. The van der Waals surface area contributed by atoms with Gasteiger partial charge >= 0.3 is 5.97 Å². The highest BCUT2D eigenvalue weighted by Crippen LogP contribution is 2.43. The van der Waals surface area contributed by atoms with Gasteiger partial charge in [-0.2, -0.15) is 0 Å². The molecule has 2 aliphatic rings. The third-order valence-corrected chi connectivity index (χ3v) is 4.04. The van der Waals surface area contributed by atoms with E-state index in [1.165, 1.54) is 0 Å². The van der Waals surface area contributed by atoms with Crippen molar-refractivity contribution < 1.29 is 9.53 Å². The molecule has 0 amide bonds. The van der Waals surface area contributed by atoms with E-state index in [-0.39, 0.29) is 24.0 Å². The average Bonchev–Trinajstić information content (AvgIpc) is 2.65. The molecule has 0 bridgehead atoms. The van der Waals surface area contributed by atoms with Gasteiger partial charge in [0.2, 0.25) is 0 Å². The lowest BCUT2D eigenvalue weighted by atomic mass is 9.84. The highest BCUT2D eigenvalue weighted by Gasteiger charge is 2.46. The van der Waals surface area contributed by atoms with Crippen molar-refractivity contribution in [2.45, 2.75) is 25.4 Å². The number of nitrogens with zero attached hydrogens (tertiary/aromatic N) is 1. The minimum Gasteiger partial charge on any atom is -0.450 e. The van der Waals surface area contributed by atoms with Gasteiger partial charge in [-0.25, -0.2) is 4.79 Å². The standard InChI is InChI=1S/C14H17NO2.ClH/c1-2-15-9-7-14(8-10-15)12-6-4-3-5-11(12)13(16)17-14;/h3-6H,2,7-10H2,1H3;1H. The van der Waals surface area contributed by atoms with Gasteiger partial charge in [0.05, 0.1) is 5.56 Å². The number of hydrogen-bond donors (Lipinski definition) is 0. The number of esters is 1. The maximum atomic E-state index is 11.9. The van der Waals surface area contributed by atoms with Gasteiger partial charge in [0.25, 0.3) is 0 Å². The maximum absolute atomic E-state index is 11.9. The molecule has 98 valence electrons. The summed E-state index contributed by atoms with van der Waals surface area (Å²) in [7, 11) is 0. The number of carbonyl (C=O) groups excluding carboxylic acids is 1. The van der Waals surface area contributed by atoms with E-state index in [4.69, 9.17) is 4.74 Å². The molecule has 1 aromatic rings. The minimum absolute atomic E-state index is 0. The number of ether oxygens (including phenoxy) is 1. The second kappa shape index (κ2) is 4.90. The number of likely N-dealkylation sites (tertiary alicyclic amines) is 1. The normalized spacial score (nSPS) is 21.3. The third-order valence-electron chi connectivity index (χ3n) is 4.04. The molecule has 0 saturated carbocycles. The molecule has 3 rings (SSSR count). The van der Waals surface area contributed by atoms with Crippen molar-refractivity contribution in [3.05, 3.63) is 35.4 Å². The summed E-state index contributed by atoms with van der Waals surface area (Å²) in [6.07, 6.45) is 1.84. The van der Waals surface area contributed by atoms with Crippen LogP contribution in [0.25, 0.3) is 0 Å². The molecular weight excluding hydrogens is 250 g/mol. The number of halogens is 1. The molecular formula is C14H18ClNO2. The van der Waals surface area contributed by atoms with Gasteiger partial charge in [0, 0.05) is 31.5 Å². The lowest BCUT2D eigenvalue weighted by molar-refractivity contribution is -0.0421. The summed E-state index contributed by atoms with van der Waals surface area (Å²) in [6.45, 7) is 5.27. The van der Waals surface area contributed by atoms with Crippen molar-refractivity contribution in [1.82, 2.24) is 4.90 Å². The van der Waals surface area contributed by atoms with Crippen molar-refractivity contribution in [3.63, 3.8) is 0 Å². The summed E-state index contributed by atoms with van der Waals surface area (Å²) in [5.74, 6) is -0.148. The van der Waals surface area contributed by atoms with Gasteiger partial charge in [0.1, 0.15) is 5.60 Å². The van der Waals surface area contributed by atoms with Crippen LogP contribution in [0.15, 0.2) is 24.3 Å². The number of hydrogen-bond acceptors (Lipinski definition) is 3. The molecule has 0 aliphatic carbocycles. The summed E-state index contributed by atoms with van der Waals surface area (Å²) in [5, 5.41) is 0. The molecule has 0 aromatic heterocycles. The van der Waals surface area contributed by atoms with E-state index >= 15 is 0 Å². The van der Waals surface area contributed by atoms with Crippen LogP contribution >= 0.6 is 12.4 Å². The highest BCUT2D eigenvalue weighted by molar-refractivity contribution is 5.94. The van der Waals surface area contributed by atoms with Crippen molar-refractivity contribution in [3.8, 4) is 0 Å². The van der Waals surface area contributed by atoms with Crippen LogP contribution in [0.1, 0.15) is 35.7 Å². The molecule has 0 radical (unpaired) electrons. The first-order valence-corrected chi connectivity index (χ1v) is 6.30. The van der Waals surface area contributed by atoms with E-state index < -0.39 is 0 Å². The Bertz CT molecular complexity index is 453. The zero-order valence-corrected chi connectivity index (χ0v) is 11.3. The van der Waals surface area contributed by atoms with Crippen LogP contribution in [0.3, 0.4) is 0 Å². The molecule has 1 fully saturated rings. The molecule has 1 aromatic carbocycles. The first-order chi connectivity index (χ1) is 8.25. The van der Waals surface area contributed by atoms with E-state index in [9.17, 15) is 4.79 Å². The monoisotopic (exact) mass is 267 g/mol. The second-order valence-corrected chi connectivity index (χ2v) is 4.86. The largest absolute Gasteiger partial charge is 0.450 e. The van der Waals surface area contributed by atoms with Crippen molar-refractivity contribution in [2.75, 3.05) is 19.6 Å². The Morgan fingerprint density at radius 3 is 2.61 bits per heavy atom. The van der Waals surface area contributed by atoms with E-state index in [1.807, 2.05) is 24.3 Å². The van der Waals surface area contributed by atoms with Crippen molar-refractivity contribution in [2.24, 2.45) is 0 Å². The van der Waals surface area contributed by atoms with Gasteiger partial charge in [-0.15, -0.1) is 12.4 Å². The van der Waals surface area contributed by atoms with E-state index in [2.05, 4.69) is 11.8 Å². The van der Waals surface area contributed by atoms with Gasteiger partial charge in [-0.05, 0) is 12.6 Å². The SMILES string of the molecule is CCN1CCC2(CC1)OC(=O)c1ccccc12.Cl. The van der Waals surface area contributed by atoms with Crippen LogP contribution in [0.5, 0.6) is 0 Å². The number of fused-ring (bicyclic) bond motifs is 2. The second-order valence-electron chi connectivity index (χ2n) is 4.86. The lowest BCUT2D eigenvalue weighted by Crippen LogP contribution is -2.42. The van der Waals surface area contributed by atoms with Crippen LogP contribution in [0.4, 0.5) is 0 Å². The molecule has 4 heteroatoms. The first kappa shape index (κ1) is 13.4. The topological polar surface area (TPSA) is 29.5 Å². The van der Waals surface area contributed by atoms with Gasteiger partial charge in [0.15, 0.2) is 0 Å². The number of benzene rings is 1. The summed E-state index contributed by atoms with van der Waals surface area (Å²) < 4.78 is 5.69. The molecule has 0 atom stereocenters. The summed E-state index contributed by atoms with van der Waals surface area (Å²) in [4.78, 5) is 14.3. The molecule has 0 N–H and O–H groups in total. The van der Waals surface area contributed by atoms with E-state index in [0.29, 0.717) is 0 Å². The quantitative estimate of drug-likeness (QED) is 0.733. The predicted octanol–water partition coefficient (Wildman–Crippen LogP) is 2.59. The van der Waals surface area contributed by atoms with Gasteiger partial charge in [-0.3, -0.25) is 0 Å². The fraction of sp³-hybridized carbons (Fsp3) is 0.500. The maximum Gasteiger partial charge on any atom is 0.339 e. The summed E-state index contributed by atoms with van der Waals surface area (Å²) in [5.41, 5.74) is 1.53. The van der Waals surface area contributed by atoms with Gasteiger partial charge in [-0.1, -0.05) is 25.1 Å². The molecule has 0 unspecified atom stereocenters. The predicted molar refractivity (Wildman–Crippen MR) is 72.1 cm³/mol. The zero-order chi connectivity index (χ0) is 11.9. The van der Waals surface area contributed by atoms with Crippen LogP contribution in [0.2, 0.25) is 0 Å². The summed E-state index contributed by atoms with van der Waals surface area (Å²) >= 11 is 0. The van der Waals surface area contributed by atoms with Crippen LogP contribution in [-0.4, -0.2) is 30.5 Å². The molecule has 2 aliphatic heterocycles. The van der Waals surface area contributed by atoms with Crippen molar-refractivity contribution >= 4 is 18.4 Å². The number of piperidine rings is 1. The van der Waals surface area contributed by atoms with E-state index in [0.717, 1.165) is 43.6 Å². The molecule has 1 saturated heterocycles. The Hall–Kier alpha value is -1.06. The Morgan fingerprint density at radius 2 is 1.94 bits per heavy atom. The third kappa shape index (κ3) is 1.91. The van der Waals surface area contributed by atoms with Crippen LogP contribution in [0, 0.1) is 0 Å². The minimum atomic E-state index is -0.334. The molecule has 18 heavy (non-hydrogen) atoms. The Morgan fingerprint density at radius 1 is 1.28 bits per heavy atom. The molecule has 1 spiro atoms. The summed E-state index contributed by atoms with van der Waals surface area (Å²) in [6, 6.07) is 7.81. The smallest absolute Gasteiger partial charge is 0.339 e. The van der Waals surface area contributed by atoms with Crippen molar-refractivity contribution in [1.29, 1.82) is 0 Å². The lowest BCUT2D eigenvalue weighted by Gasteiger charge is -2.38.